The van der Waals surface area contributed by atoms with E-state index in [0.29, 0.717) is 0 Å². The van der Waals surface area contributed by atoms with Crippen molar-refractivity contribution in [3.63, 3.8) is 0 Å². The van der Waals surface area contributed by atoms with Gasteiger partial charge in [0.1, 0.15) is 0 Å². The predicted octanol–water partition coefficient (Wildman–Crippen LogP) is 5.62. The fourth-order valence-corrected chi connectivity index (χ4v) is 1.28. The number of hydrogen-bond donors (Lipinski definition) is 0. The Bertz CT molecular complexity index is 337. The number of rotatable bonds is 0. The first-order valence-corrected chi connectivity index (χ1v) is 6.67. The molecule has 104 valence electrons. The van der Waals surface area contributed by atoms with Crippen LogP contribution in [0, 0.1) is 0 Å². The summed E-state index contributed by atoms with van der Waals surface area (Å²) in [5.74, 6) is 0. The van der Waals surface area contributed by atoms with Gasteiger partial charge in [-0.3, -0.25) is 0 Å². The molecule has 0 aliphatic rings. The van der Waals surface area contributed by atoms with Crippen LogP contribution in [0.3, 0.4) is 0 Å². The Balaban J connectivity index is 0.000000250. The molecule has 4 aromatic rings. The first-order chi connectivity index (χ1) is 10.0. The molecule has 0 atom stereocenters. The maximum absolute atomic E-state index is 2.00. The van der Waals surface area contributed by atoms with Gasteiger partial charge in [-0.15, -0.1) is 0 Å². The van der Waals surface area contributed by atoms with E-state index in [1.54, 1.807) is 0 Å². The van der Waals surface area contributed by atoms with Gasteiger partial charge in [-0.25, -0.2) is 48.5 Å². The summed E-state index contributed by atoms with van der Waals surface area (Å²) in [5, 5.41) is 0. The average molecular weight is 439 g/mol. The molecule has 0 saturated carbocycles. The minimum Gasteiger partial charge on any atom is -0.214 e. The molecule has 0 amide bonds. The molecule has 21 heavy (non-hydrogen) atoms. The van der Waals surface area contributed by atoms with Crippen LogP contribution >= 0.6 is 0 Å². The molecule has 0 radical (unpaired) electrons. The van der Waals surface area contributed by atoms with E-state index in [-0.39, 0.29) is 25.8 Å². The molecule has 0 unspecified atom stereocenters. The summed E-state index contributed by atoms with van der Waals surface area (Å²) in [6, 6.07) is 40.0. The van der Waals surface area contributed by atoms with Crippen LogP contribution in [0.5, 0.6) is 0 Å². The smallest absolute Gasteiger partial charge is 0.214 e. The molecular weight excluding hydrogens is 419 g/mol. The van der Waals surface area contributed by atoms with Crippen molar-refractivity contribution in [3.8, 4) is 0 Å². The van der Waals surface area contributed by atoms with Crippen molar-refractivity contribution in [1.82, 2.24) is 0 Å². The second-order valence-electron chi connectivity index (χ2n) is 3.85. The second-order valence-corrected chi connectivity index (χ2v) is 3.85. The average Bonchev–Trinajstić information content (AvgIpc) is 3.40. The van der Waals surface area contributed by atoms with Crippen molar-refractivity contribution in [2.75, 3.05) is 0 Å². The maximum atomic E-state index is 2.00. The van der Waals surface area contributed by atoms with Gasteiger partial charge in [0.2, 0.25) is 0 Å². The summed E-state index contributed by atoms with van der Waals surface area (Å²) in [6.45, 7) is 0. The van der Waals surface area contributed by atoms with E-state index in [2.05, 4.69) is 0 Å². The molecule has 0 N–H and O–H groups in total. The Hall–Kier alpha value is -1.73. The minimum absolute atomic E-state index is 0. The van der Waals surface area contributed by atoms with Gasteiger partial charge in [0.05, 0.1) is 0 Å². The van der Waals surface area contributed by atoms with Gasteiger partial charge in [0.25, 0.3) is 0 Å². The summed E-state index contributed by atoms with van der Waals surface area (Å²) in [7, 11) is 0. The van der Waals surface area contributed by atoms with Gasteiger partial charge >= 0.3 is 25.8 Å². The molecule has 0 heterocycles. The van der Waals surface area contributed by atoms with Gasteiger partial charge in [0, 0.05) is 0 Å². The minimum atomic E-state index is 0. The van der Waals surface area contributed by atoms with Crippen LogP contribution < -0.4 is 0 Å². The van der Waals surface area contributed by atoms with Crippen LogP contribution in [0.15, 0.2) is 121 Å². The molecule has 0 fully saturated rings. The summed E-state index contributed by atoms with van der Waals surface area (Å²) in [5.41, 5.74) is 0. The zero-order valence-corrected chi connectivity index (χ0v) is 15.6. The van der Waals surface area contributed by atoms with Gasteiger partial charge in [-0.05, 0) is 0 Å². The fraction of sp³-hybridized carbons (Fsp3) is 0. The summed E-state index contributed by atoms with van der Waals surface area (Å²) in [4.78, 5) is 0. The Labute approximate surface area is 146 Å². The summed E-state index contributed by atoms with van der Waals surface area (Å²) < 4.78 is 0. The molecule has 0 aromatic heterocycles. The fourth-order valence-electron chi connectivity index (χ4n) is 1.28. The first-order valence-electron chi connectivity index (χ1n) is 6.67. The Kier molecular flexibility index (Phi) is 15.0. The second kappa shape index (κ2) is 16.3. The van der Waals surface area contributed by atoms with E-state index in [4.69, 9.17) is 0 Å². The Morgan fingerprint density at radius 2 is 0.429 bits per heavy atom. The molecule has 0 bridgehead atoms. The van der Waals surface area contributed by atoms with Crippen molar-refractivity contribution >= 4 is 0 Å². The maximum Gasteiger partial charge on any atom is 4.00 e. The van der Waals surface area contributed by atoms with E-state index in [1.165, 1.54) is 0 Å². The van der Waals surface area contributed by atoms with Crippen LogP contribution in [0.25, 0.3) is 0 Å². The van der Waals surface area contributed by atoms with E-state index in [9.17, 15) is 0 Å². The van der Waals surface area contributed by atoms with Gasteiger partial charge < -0.3 is 0 Å². The van der Waals surface area contributed by atoms with E-state index in [1.807, 2.05) is 121 Å². The molecule has 1 heteroatoms. The molecule has 0 aliphatic heterocycles. The monoisotopic (exact) mass is 440 g/mol. The standard InChI is InChI=1S/4C5H5.Hf/c4*1-2-4-5-3-1;/h4*1-5H;/q4*-1;+4. The summed E-state index contributed by atoms with van der Waals surface area (Å²) >= 11 is 0. The van der Waals surface area contributed by atoms with Crippen LogP contribution in [-0.2, 0) is 25.8 Å². The SMILES string of the molecule is [Hf+4].c1cc[cH-]c1.c1cc[cH-]c1.c1cc[cH-]c1.c1cc[cH-]c1. The molecule has 0 aliphatic carbocycles. The van der Waals surface area contributed by atoms with E-state index >= 15 is 0 Å². The van der Waals surface area contributed by atoms with Crippen LogP contribution in [0.4, 0.5) is 0 Å². The van der Waals surface area contributed by atoms with Crippen molar-refractivity contribution < 1.29 is 25.8 Å². The van der Waals surface area contributed by atoms with Crippen LogP contribution in [0.1, 0.15) is 0 Å². The van der Waals surface area contributed by atoms with Gasteiger partial charge in [-0.2, -0.15) is 72.8 Å². The molecule has 0 nitrogen and oxygen atoms in total. The quantitative estimate of drug-likeness (QED) is 0.247. The predicted molar refractivity (Wildman–Crippen MR) is 88.1 cm³/mol. The van der Waals surface area contributed by atoms with Crippen LogP contribution in [0.2, 0.25) is 0 Å². The van der Waals surface area contributed by atoms with Crippen molar-refractivity contribution in [3.05, 3.63) is 121 Å². The summed E-state index contributed by atoms with van der Waals surface area (Å²) in [6.07, 6.45) is 0. The normalized spacial score (nSPS) is 7.62. The molecule has 4 rings (SSSR count). The largest absolute Gasteiger partial charge is 4.00 e. The molecule has 0 spiro atoms. The topological polar surface area (TPSA) is 0 Å². The van der Waals surface area contributed by atoms with Crippen molar-refractivity contribution in [2.45, 2.75) is 0 Å². The zero-order valence-electron chi connectivity index (χ0n) is 12.0. The third kappa shape index (κ3) is 14.5. The van der Waals surface area contributed by atoms with E-state index < -0.39 is 0 Å². The third-order valence-electron chi connectivity index (χ3n) is 2.22. The Morgan fingerprint density at radius 1 is 0.286 bits per heavy atom. The molecule has 0 saturated heterocycles. The van der Waals surface area contributed by atoms with Crippen LogP contribution in [-0.4, -0.2) is 0 Å². The number of hydrogen-bond acceptors (Lipinski definition) is 0. The third-order valence-corrected chi connectivity index (χ3v) is 2.22. The first kappa shape index (κ1) is 19.3. The van der Waals surface area contributed by atoms with Crippen molar-refractivity contribution in [2.24, 2.45) is 0 Å². The van der Waals surface area contributed by atoms with Gasteiger partial charge in [-0.1, -0.05) is 0 Å². The zero-order chi connectivity index (χ0) is 14.1. The Morgan fingerprint density at radius 3 is 0.476 bits per heavy atom. The van der Waals surface area contributed by atoms with Crippen molar-refractivity contribution in [1.29, 1.82) is 0 Å². The van der Waals surface area contributed by atoms with E-state index in [0.717, 1.165) is 0 Å². The molecular formula is C20H20Hf. The van der Waals surface area contributed by atoms with Gasteiger partial charge in [0.15, 0.2) is 0 Å². The molecule has 4 aromatic carbocycles.